The van der Waals surface area contributed by atoms with Gasteiger partial charge in [-0.25, -0.2) is 0 Å². The smallest absolute Gasteiger partial charge is 0.0862 e. The van der Waals surface area contributed by atoms with Gasteiger partial charge in [-0.05, 0) is 0 Å². The van der Waals surface area contributed by atoms with Crippen LogP contribution in [0.5, 0.6) is 0 Å². The lowest BCUT2D eigenvalue weighted by Crippen LogP contribution is -2.34. The molecule has 0 aromatic carbocycles. The van der Waals surface area contributed by atoms with Crippen LogP contribution in [0.2, 0.25) is 0 Å². The molecule has 2 heterocycles. The van der Waals surface area contributed by atoms with Crippen LogP contribution in [0.1, 0.15) is 12.8 Å². The molecular weight excluding hydrogens is 226 g/mol. The lowest BCUT2D eigenvalue weighted by Gasteiger charge is -2.26. The van der Waals surface area contributed by atoms with Crippen molar-refractivity contribution >= 4 is 5.71 Å². The van der Waals surface area contributed by atoms with Crippen LogP contribution in [-0.4, -0.2) is 62.8 Å². The standard InChI is InChI=1S/C11H19NO5/c13-12-9(5-10-7-14-1-3-16-10)6-11-8-15-2-4-17-11/h10-11,13H,1-8H2/t10-,11-/m1/s1. The van der Waals surface area contributed by atoms with Gasteiger partial charge in [0.2, 0.25) is 0 Å². The van der Waals surface area contributed by atoms with Gasteiger partial charge >= 0.3 is 0 Å². The minimum Gasteiger partial charge on any atom is -0.411 e. The molecule has 0 unspecified atom stereocenters. The predicted molar refractivity (Wildman–Crippen MR) is 59.6 cm³/mol. The van der Waals surface area contributed by atoms with Gasteiger partial charge < -0.3 is 24.2 Å². The number of ether oxygens (including phenoxy) is 4. The summed E-state index contributed by atoms with van der Waals surface area (Å²) < 4.78 is 21.6. The normalized spacial score (nSPS) is 29.9. The first-order valence-corrected chi connectivity index (χ1v) is 5.97. The van der Waals surface area contributed by atoms with Crippen molar-refractivity contribution in [1.29, 1.82) is 0 Å². The van der Waals surface area contributed by atoms with E-state index in [0.717, 1.165) is 0 Å². The number of rotatable bonds is 4. The minimum atomic E-state index is -0.0147. The van der Waals surface area contributed by atoms with Gasteiger partial charge in [-0.2, -0.15) is 0 Å². The van der Waals surface area contributed by atoms with E-state index in [4.69, 9.17) is 24.2 Å². The van der Waals surface area contributed by atoms with Crippen molar-refractivity contribution in [2.75, 3.05) is 39.6 Å². The van der Waals surface area contributed by atoms with Crippen molar-refractivity contribution in [2.45, 2.75) is 25.0 Å². The summed E-state index contributed by atoms with van der Waals surface area (Å²) in [4.78, 5) is 0. The molecule has 0 aromatic rings. The van der Waals surface area contributed by atoms with Crippen LogP contribution < -0.4 is 0 Å². The Morgan fingerprint density at radius 2 is 1.47 bits per heavy atom. The van der Waals surface area contributed by atoms with Crippen molar-refractivity contribution in [2.24, 2.45) is 5.16 Å². The Bertz CT molecular complexity index is 224. The maximum atomic E-state index is 8.98. The zero-order chi connectivity index (χ0) is 11.9. The summed E-state index contributed by atoms with van der Waals surface area (Å²) in [7, 11) is 0. The molecule has 0 aromatic heterocycles. The van der Waals surface area contributed by atoms with E-state index in [1.165, 1.54) is 0 Å². The van der Waals surface area contributed by atoms with Gasteiger partial charge in [0.1, 0.15) is 0 Å². The molecule has 2 aliphatic rings. The Hall–Kier alpha value is -0.690. The predicted octanol–water partition coefficient (Wildman–Crippen LogP) is 0.428. The zero-order valence-electron chi connectivity index (χ0n) is 9.84. The van der Waals surface area contributed by atoms with Gasteiger partial charge in [-0.15, -0.1) is 0 Å². The third-order valence-corrected chi connectivity index (χ3v) is 2.84. The van der Waals surface area contributed by atoms with Crippen LogP contribution in [0.3, 0.4) is 0 Å². The van der Waals surface area contributed by atoms with E-state index in [-0.39, 0.29) is 12.2 Å². The SMILES string of the molecule is ON=C(C[C@@H]1COCCO1)C[C@@H]1COCCO1. The van der Waals surface area contributed by atoms with Crippen LogP contribution in [0.15, 0.2) is 5.16 Å². The Kier molecular flexibility index (Phi) is 5.18. The summed E-state index contributed by atoms with van der Waals surface area (Å²) in [5.41, 5.74) is 0.677. The molecule has 2 atom stereocenters. The van der Waals surface area contributed by atoms with E-state index in [2.05, 4.69) is 5.16 Å². The molecule has 0 spiro atoms. The molecule has 0 amide bonds. The monoisotopic (exact) mass is 245 g/mol. The molecule has 2 rings (SSSR count). The van der Waals surface area contributed by atoms with Crippen LogP contribution in [0.25, 0.3) is 0 Å². The lowest BCUT2D eigenvalue weighted by atomic mass is 10.1. The first kappa shape index (κ1) is 12.8. The van der Waals surface area contributed by atoms with Gasteiger partial charge in [0.05, 0.1) is 57.6 Å². The fourth-order valence-electron chi connectivity index (χ4n) is 2.00. The van der Waals surface area contributed by atoms with E-state index in [1.54, 1.807) is 0 Å². The summed E-state index contributed by atoms with van der Waals surface area (Å²) in [6, 6.07) is 0. The fraction of sp³-hybridized carbons (Fsp3) is 0.909. The molecule has 2 saturated heterocycles. The second-order valence-corrected chi connectivity index (χ2v) is 4.21. The molecule has 6 nitrogen and oxygen atoms in total. The molecule has 1 N–H and O–H groups in total. The fourth-order valence-corrected chi connectivity index (χ4v) is 2.00. The number of nitrogens with zero attached hydrogens (tertiary/aromatic N) is 1. The van der Waals surface area contributed by atoms with Crippen molar-refractivity contribution in [3.63, 3.8) is 0 Å². The number of oxime groups is 1. The number of hydrogen-bond donors (Lipinski definition) is 1. The summed E-state index contributed by atoms with van der Waals surface area (Å²) >= 11 is 0. The van der Waals surface area contributed by atoms with Crippen LogP contribution in [-0.2, 0) is 18.9 Å². The first-order chi connectivity index (χ1) is 8.38. The van der Waals surface area contributed by atoms with Crippen molar-refractivity contribution in [3.05, 3.63) is 0 Å². The largest absolute Gasteiger partial charge is 0.411 e. The molecular formula is C11H19NO5. The highest BCUT2D eigenvalue weighted by molar-refractivity contribution is 5.84. The highest BCUT2D eigenvalue weighted by atomic mass is 16.6. The number of hydrogen-bond acceptors (Lipinski definition) is 6. The molecule has 6 heteroatoms. The second kappa shape index (κ2) is 6.90. The highest BCUT2D eigenvalue weighted by Crippen LogP contribution is 2.12. The van der Waals surface area contributed by atoms with Crippen LogP contribution >= 0.6 is 0 Å². The molecule has 98 valence electrons. The van der Waals surface area contributed by atoms with E-state index in [9.17, 15) is 0 Å². The molecule has 0 aliphatic carbocycles. The average Bonchev–Trinajstić information content (AvgIpc) is 2.40. The van der Waals surface area contributed by atoms with E-state index in [0.29, 0.717) is 58.2 Å². The van der Waals surface area contributed by atoms with Crippen molar-refractivity contribution in [1.82, 2.24) is 0 Å². The van der Waals surface area contributed by atoms with E-state index < -0.39 is 0 Å². The summed E-state index contributed by atoms with van der Waals surface area (Å²) in [6.45, 7) is 3.60. The molecule has 2 fully saturated rings. The highest BCUT2D eigenvalue weighted by Gasteiger charge is 2.22. The van der Waals surface area contributed by atoms with Crippen molar-refractivity contribution < 1.29 is 24.2 Å². The van der Waals surface area contributed by atoms with Gasteiger partial charge in [0, 0.05) is 12.8 Å². The Balaban J connectivity index is 1.75. The average molecular weight is 245 g/mol. The molecule has 17 heavy (non-hydrogen) atoms. The molecule has 2 aliphatic heterocycles. The minimum absolute atomic E-state index is 0.0147. The summed E-state index contributed by atoms with van der Waals surface area (Å²) in [5, 5.41) is 12.3. The third-order valence-electron chi connectivity index (χ3n) is 2.84. The van der Waals surface area contributed by atoms with Crippen molar-refractivity contribution in [3.8, 4) is 0 Å². The maximum Gasteiger partial charge on any atom is 0.0862 e. The first-order valence-electron chi connectivity index (χ1n) is 5.97. The maximum absolute atomic E-state index is 8.98. The van der Waals surface area contributed by atoms with Crippen LogP contribution in [0, 0.1) is 0 Å². The molecule has 0 radical (unpaired) electrons. The zero-order valence-corrected chi connectivity index (χ0v) is 9.84. The van der Waals surface area contributed by atoms with Gasteiger partial charge in [-0.3, -0.25) is 0 Å². The van der Waals surface area contributed by atoms with Crippen LogP contribution in [0.4, 0.5) is 0 Å². The lowest BCUT2D eigenvalue weighted by molar-refractivity contribution is -0.0897. The van der Waals surface area contributed by atoms with Gasteiger partial charge in [-0.1, -0.05) is 5.16 Å². The Morgan fingerprint density at radius 1 is 0.941 bits per heavy atom. The topological polar surface area (TPSA) is 69.5 Å². The Labute approximate surface area is 100 Å². The van der Waals surface area contributed by atoms with E-state index >= 15 is 0 Å². The summed E-state index contributed by atoms with van der Waals surface area (Å²) in [6.07, 6.45) is 1.13. The third kappa shape index (κ3) is 4.23. The molecule has 0 saturated carbocycles. The van der Waals surface area contributed by atoms with Gasteiger partial charge in [0.15, 0.2) is 0 Å². The quantitative estimate of drug-likeness (QED) is 0.442. The summed E-state index contributed by atoms with van der Waals surface area (Å²) in [5.74, 6) is 0. The van der Waals surface area contributed by atoms with E-state index in [1.807, 2.05) is 0 Å². The Morgan fingerprint density at radius 3 is 1.82 bits per heavy atom. The molecule has 0 bridgehead atoms. The van der Waals surface area contributed by atoms with Gasteiger partial charge in [0.25, 0.3) is 0 Å². The second-order valence-electron chi connectivity index (χ2n) is 4.21.